The van der Waals surface area contributed by atoms with Gasteiger partial charge >= 0.3 is 0 Å². The van der Waals surface area contributed by atoms with E-state index in [1.165, 1.54) is 0 Å². The van der Waals surface area contributed by atoms with Gasteiger partial charge in [-0.1, -0.05) is 0 Å². The Balaban J connectivity index is 3.12. The summed E-state index contributed by atoms with van der Waals surface area (Å²) in [5.41, 5.74) is 0. The van der Waals surface area contributed by atoms with Gasteiger partial charge in [-0.15, -0.1) is 0 Å². The zero-order valence-corrected chi connectivity index (χ0v) is 8.81. The molecule has 0 saturated heterocycles. The fourth-order valence-electron chi connectivity index (χ4n) is 0.742. The van der Waals surface area contributed by atoms with Crippen LogP contribution in [-0.2, 0) is 14.2 Å². The molecular formula is C9H15N3O3. The van der Waals surface area contributed by atoms with Crippen molar-refractivity contribution in [3.05, 3.63) is 0 Å². The van der Waals surface area contributed by atoms with Crippen LogP contribution in [0.5, 0.6) is 0 Å². The molecule has 0 aliphatic carbocycles. The third kappa shape index (κ3) is 8.98. The van der Waals surface area contributed by atoms with E-state index in [1.54, 1.807) is 19.5 Å². The molecule has 0 aliphatic heterocycles. The summed E-state index contributed by atoms with van der Waals surface area (Å²) in [7, 11) is 1.61. The van der Waals surface area contributed by atoms with E-state index in [-0.39, 0.29) is 6.54 Å². The molecule has 84 valence electrons. The van der Waals surface area contributed by atoms with E-state index < -0.39 is 0 Å². The van der Waals surface area contributed by atoms with Crippen LogP contribution in [-0.4, -0.2) is 51.6 Å². The summed E-state index contributed by atoms with van der Waals surface area (Å²) >= 11 is 0. The highest BCUT2D eigenvalue weighted by atomic mass is 16.5. The van der Waals surface area contributed by atoms with Gasteiger partial charge in [0.25, 0.3) is 0 Å². The average molecular weight is 213 g/mol. The molecule has 6 heteroatoms. The molecule has 0 fully saturated rings. The van der Waals surface area contributed by atoms with E-state index >= 15 is 0 Å². The second kappa shape index (κ2) is 10.7. The molecule has 0 radical (unpaired) electrons. The number of ether oxygens (including phenoxy) is 3. The highest BCUT2D eigenvalue weighted by molar-refractivity contribution is 4.85. The van der Waals surface area contributed by atoms with E-state index in [0.29, 0.717) is 33.0 Å². The Morgan fingerprint density at radius 2 is 1.47 bits per heavy atom. The molecule has 0 bridgehead atoms. The number of methoxy groups -OCH3 is 1. The first-order valence-corrected chi connectivity index (χ1v) is 4.56. The maximum absolute atomic E-state index is 8.39. The molecule has 0 aromatic heterocycles. The van der Waals surface area contributed by atoms with Crippen LogP contribution in [0.15, 0.2) is 0 Å². The predicted molar refractivity (Wildman–Crippen MR) is 51.4 cm³/mol. The molecule has 15 heavy (non-hydrogen) atoms. The van der Waals surface area contributed by atoms with Crippen molar-refractivity contribution in [3.63, 3.8) is 0 Å². The zero-order chi connectivity index (χ0) is 11.4. The summed E-state index contributed by atoms with van der Waals surface area (Å²) in [5, 5.41) is 16.8. The maximum Gasteiger partial charge on any atom is 0.193 e. The van der Waals surface area contributed by atoms with Gasteiger partial charge in [0, 0.05) is 7.11 Å². The molecule has 0 rings (SSSR count). The van der Waals surface area contributed by atoms with Gasteiger partial charge in [0.2, 0.25) is 0 Å². The van der Waals surface area contributed by atoms with Crippen LogP contribution in [0.2, 0.25) is 0 Å². The summed E-state index contributed by atoms with van der Waals surface area (Å²) in [6, 6.07) is 0. The molecule has 0 amide bonds. The third-order valence-electron chi connectivity index (χ3n) is 1.50. The topological polar surface area (TPSA) is 78.5 Å². The van der Waals surface area contributed by atoms with Crippen LogP contribution in [0.25, 0.3) is 0 Å². The summed E-state index contributed by atoms with van der Waals surface area (Å²) in [6.45, 7) is 2.68. The van der Waals surface area contributed by atoms with Crippen LogP contribution in [0.3, 0.4) is 0 Å². The first-order chi connectivity index (χ1) is 7.35. The number of hydrogen-bond acceptors (Lipinski definition) is 6. The van der Waals surface area contributed by atoms with Crippen molar-refractivity contribution in [2.24, 2.45) is 0 Å². The number of nitriles is 2. The van der Waals surface area contributed by atoms with Gasteiger partial charge in [-0.25, -0.2) is 4.90 Å². The predicted octanol–water partition coefficient (Wildman–Crippen LogP) is -0.0698. The standard InChI is InChI=1S/C9H15N3O3/c1-13-4-5-15-7-6-14-3-2-12(8-10)9-11/h2-7H2,1H3. The number of nitrogens with zero attached hydrogens (tertiary/aromatic N) is 3. The Morgan fingerprint density at radius 1 is 0.933 bits per heavy atom. The van der Waals surface area contributed by atoms with E-state index in [4.69, 9.17) is 24.7 Å². The van der Waals surface area contributed by atoms with Gasteiger partial charge in [0.1, 0.15) is 0 Å². The summed E-state index contributed by atoms with van der Waals surface area (Å²) in [6.07, 6.45) is 3.43. The van der Waals surface area contributed by atoms with Gasteiger partial charge in [0.05, 0.1) is 39.6 Å². The van der Waals surface area contributed by atoms with Crippen LogP contribution in [0.1, 0.15) is 0 Å². The number of rotatable bonds is 9. The van der Waals surface area contributed by atoms with Crippen molar-refractivity contribution in [2.75, 3.05) is 46.7 Å². The molecule has 0 aromatic carbocycles. The molecular weight excluding hydrogens is 198 g/mol. The van der Waals surface area contributed by atoms with Gasteiger partial charge in [0.15, 0.2) is 12.4 Å². The molecule has 0 heterocycles. The van der Waals surface area contributed by atoms with Crippen molar-refractivity contribution in [2.45, 2.75) is 0 Å². The van der Waals surface area contributed by atoms with Crippen molar-refractivity contribution in [1.82, 2.24) is 4.90 Å². The quantitative estimate of drug-likeness (QED) is 0.303. The average Bonchev–Trinajstić information content (AvgIpc) is 2.27. The van der Waals surface area contributed by atoms with Gasteiger partial charge in [-0.05, 0) is 0 Å². The molecule has 0 aliphatic rings. The Kier molecular flexibility index (Phi) is 9.78. The second-order valence-corrected chi connectivity index (χ2v) is 2.57. The van der Waals surface area contributed by atoms with Crippen molar-refractivity contribution < 1.29 is 14.2 Å². The molecule has 0 unspecified atom stereocenters. The molecule has 0 spiro atoms. The highest BCUT2D eigenvalue weighted by Gasteiger charge is 1.97. The first-order valence-electron chi connectivity index (χ1n) is 4.56. The van der Waals surface area contributed by atoms with E-state index in [9.17, 15) is 0 Å². The van der Waals surface area contributed by atoms with Crippen LogP contribution >= 0.6 is 0 Å². The van der Waals surface area contributed by atoms with Gasteiger partial charge < -0.3 is 14.2 Å². The Bertz CT molecular complexity index is 208. The largest absolute Gasteiger partial charge is 0.382 e. The molecule has 0 N–H and O–H groups in total. The molecule has 0 aromatic rings. The van der Waals surface area contributed by atoms with Crippen molar-refractivity contribution in [1.29, 1.82) is 10.5 Å². The fraction of sp³-hybridized carbons (Fsp3) is 0.778. The molecule has 0 saturated carbocycles. The summed E-state index contributed by atoms with van der Waals surface area (Å²) < 4.78 is 15.1. The minimum Gasteiger partial charge on any atom is -0.382 e. The van der Waals surface area contributed by atoms with Gasteiger partial charge in [-0.2, -0.15) is 10.5 Å². The van der Waals surface area contributed by atoms with Crippen molar-refractivity contribution in [3.8, 4) is 12.4 Å². The van der Waals surface area contributed by atoms with Crippen LogP contribution in [0.4, 0.5) is 0 Å². The molecule has 6 nitrogen and oxygen atoms in total. The van der Waals surface area contributed by atoms with Crippen LogP contribution < -0.4 is 0 Å². The first kappa shape index (κ1) is 13.7. The van der Waals surface area contributed by atoms with Gasteiger partial charge in [-0.3, -0.25) is 0 Å². The lowest BCUT2D eigenvalue weighted by Crippen LogP contribution is -2.18. The van der Waals surface area contributed by atoms with Crippen LogP contribution in [0, 0.1) is 22.9 Å². The summed E-state index contributed by atoms with van der Waals surface area (Å²) in [4.78, 5) is 0.950. The van der Waals surface area contributed by atoms with E-state index in [0.717, 1.165) is 4.90 Å². The fourth-order valence-corrected chi connectivity index (χ4v) is 0.742. The molecule has 0 atom stereocenters. The lowest BCUT2D eigenvalue weighted by molar-refractivity contribution is 0.0236. The smallest absolute Gasteiger partial charge is 0.193 e. The third-order valence-corrected chi connectivity index (χ3v) is 1.50. The minimum atomic E-state index is 0.283. The normalized spacial score (nSPS) is 9.27. The zero-order valence-electron chi connectivity index (χ0n) is 8.81. The van der Waals surface area contributed by atoms with Crippen molar-refractivity contribution >= 4 is 0 Å². The Morgan fingerprint density at radius 3 is 2.00 bits per heavy atom. The maximum atomic E-state index is 8.39. The highest BCUT2D eigenvalue weighted by Crippen LogP contribution is 1.84. The van der Waals surface area contributed by atoms with E-state index in [2.05, 4.69) is 0 Å². The lowest BCUT2D eigenvalue weighted by Gasteiger charge is -2.07. The second-order valence-electron chi connectivity index (χ2n) is 2.57. The lowest BCUT2D eigenvalue weighted by atomic mass is 10.6. The van der Waals surface area contributed by atoms with E-state index in [1.807, 2.05) is 0 Å². The number of hydrogen-bond donors (Lipinski definition) is 0. The summed E-state index contributed by atoms with van der Waals surface area (Å²) in [5.74, 6) is 0. The SMILES string of the molecule is COCCOCCOCCN(C#N)C#N. The minimum absolute atomic E-state index is 0.283. The Hall–Kier alpha value is -1.34. The monoisotopic (exact) mass is 213 g/mol. The Labute approximate surface area is 89.5 Å².